The number of aryl methyl sites for hydroxylation is 1. The van der Waals surface area contributed by atoms with Gasteiger partial charge in [-0.1, -0.05) is 24.3 Å². The van der Waals surface area contributed by atoms with Gasteiger partial charge in [-0.2, -0.15) is 0 Å². The molecule has 0 aliphatic carbocycles. The van der Waals surface area contributed by atoms with Gasteiger partial charge in [0.15, 0.2) is 0 Å². The van der Waals surface area contributed by atoms with E-state index in [1.807, 2.05) is 0 Å². The average Bonchev–Trinajstić information content (AvgIpc) is 2.34. The lowest BCUT2D eigenvalue weighted by molar-refractivity contribution is -0.118. The molecule has 2 rings (SSSR count). The van der Waals surface area contributed by atoms with Gasteiger partial charge in [-0.05, 0) is 63.9 Å². The molecule has 2 aromatic rings. The first-order chi connectivity index (χ1) is 8.66. The van der Waals surface area contributed by atoms with Crippen LogP contribution in [0.3, 0.4) is 0 Å². The normalized spacial score (nSPS) is 10.6. The second-order valence-electron chi connectivity index (χ2n) is 4.37. The van der Waals surface area contributed by atoms with Crippen molar-refractivity contribution in [1.29, 1.82) is 0 Å². The molecule has 0 atom stereocenters. The molecule has 0 aromatic heterocycles. The maximum atomic E-state index is 10.8. The van der Waals surface area contributed by atoms with Gasteiger partial charge in [0.1, 0.15) is 0 Å². The van der Waals surface area contributed by atoms with Crippen molar-refractivity contribution in [3.8, 4) is 0 Å². The number of halogens is 1. The summed E-state index contributed by atoms with van der Waals surface area (Å²) in [5.74, 6) is 0.0440. The van der Waals surface area contributed by atoms with Crippen LogP contribution in [0.15, 0.2) is 36.4 Å². The van der Waals surface area contributed by atoms with Gasteiger partial charge in [-0.25, -0.2) is 0 Å². The maximum absolute atomic E-state index is 10.8. The molecule has 0 radical (unpaired) electrons. The molecule has 0 fully saturated rings. The minimum atomic E-state index is 0.0440. The summed E-state index contributed by atoms with van der Waals surface area (Å²) < 4.78 is 1.26. The molecule has 0 spiro atoms. The van der Waals surface area contributed by atoms with E-state index in [1.165, 1.54) is 19.9 Å². The predicted molar refractivity (Wildman–Crippen MR) is 83.7 cm³/mol. The van der Waals surface area contributed by atoms with Gasteiger partial charge in [0.2, 0.25) is 5.91 Å². The molecule has 1 amide bonds. The zero-order chi connectivity index (χ0) is 13.0. The van der Waals surface area contributed by atoms with Crippen molar-refractivity contribution in [3.63, 3.8) is 0 Å². The first-order valence-corrected chi connectivity index (χ1v) is 7.16. The molecule has 0 bridgehead atoms. The van der Waals surface area contributed by atoms with Crippen LogP contribution in [0, 0.1) is 3.57 Å². The molecular formula is C15H16INO. The highest BCUT2D eigenvalue weighted by Crippen LogP contribution is 2.22. The Kier molecular flexibility index (Phi) is 4.58. The van der Waals surface area contributed by atoms with Gasteiger partial charge in [-0.3, -0.25) is 4.79 Å². The molecule has 0 aliphatic rings. The molecule has 18 heavy (non-hydrogen) atoms. The van der Waals surface area contributed by atoms with Crippen LogP contribution in [0.25, 0.3) is 10.8 Å². The highest BCUT2D eigenvalue weighted by atomic mass is 127. The number of hydrogen-bond donors (Lipinski definition) is 1. The van der Waals surface area contributed by atoms with Crippen LogP contribution in [0.1, 0.15) is 18.9 Å². The number of nitrogens with one attached hydrogen (secondary N) is 1. The monoisotopic (exact) mass is 353 g/mol. The van der Waals surface area contributed by atoms with E-state index in [0.717, 1.165) is 19.4 Å². The van der Waals surface area contributed by atoms with Crippen molar-refractivity contribution in [3.05, 3.63) is 45.5 Å². The summed E-state index contributed by atoms with van der Waals surface area (Å²) in [6.45, 7) is 2.30. The molecule has 2 nitrogen and oxygen atoms in total. The maximum Gasteiger partial charge on any atom is 0.216 e. The molecular weight excluding hydrogens is 337 g/mol. The van der Waals surface area contributed by atoms with Crippen molar-refractivity contribution < 1.29 is 4.79 Å². The Morgan fingerprint density at radius 3 is 2.89 bits per heavy atom. The summed E-state index contributed by atoms with van der Waals surface area (Å²) in [6, 6.07) is 12.9. The number of carbonyl (C=O) groups is 1. The minimum Gasteiger partial charge on any atom is -0.356 e. The SMILES string of the molecule is CC(=O)NCCCc1cccc2ccc(I)cc12. The van der Waals surface area contributed by atoms with Crippen molar-refractivity contribution in [2.45, 2.75) is 19.8 Å². The van der Waals surface area contributed by atoms with Gasteiger partial charge in [0.25, 0.3) is 0 Å². The average molecular weight is 353 g/mol. The first-order valence-electron chi connectivity index (χ1n) is 6.08. The van der Waals surface area contributed by atoms with Crippen molar-refractivity contribution in [1.82, 2.24) is 5.32 Å². The van der Waals surface area contributed by atoms with E-state index in [2.05, 4.69) is 64.3 Å². The number of benzene rings is 2. The highest BCUT2D eigenvalue weighted by molar-refractivity contribution is 14.1. The van der Waals surface area contributed by atoms with Crippen molar-refractivity contribution in [2.75, 3.05) is 6.54 Å². The minimum absolute atomic E-state index is 0.0440. The van der Waals surface area contributed by atoms with Gasteiger partial charge >= 0.3 is 0 Å². The number of amides is 1. The van der Waals surface area contributed by atoms with Crippen LogP contribution in [-0.2, 0) is 11.2 Å². The Morgan fingerprint density at radius 2 is 2.11 bits per heavy atom. The topological polar surface area (TPSA) is 29.1 Å². The summed E-state index contributed by atoms with van der Waals surface area (Å²) in [7, 11) is 0. The number of hydrogen-bond acceptors (Lipinski definition) is 1. The zero-order valence-corrected chi connectivity index (χ0v) is 12.5. The lowest BCUT2D eigenvalue weighted by Gasteiger charge is -2.07. The molecule has 0 saturated heterocycles. The Hall–Kier alpha value is -1.10. The zero-order valence-electron chi connectivity index (χ0n) is 10.4. The van der Waals surface area contributed by atoms with Crippen LogP contribution in [0.5, 0.6) is 0 Å². The van der Waals surface area contributed by atoms with E-state index < -0.39 is 0 Å². The first kappa shape index (κ1) is 13.3. The lowest BCUT2D eigenvalue weighted by Crippen LogP contribution is -2.21. The second-order valence-corrected chi connectivity index (χ2v) is 5.61. The molecule has 0 aliphatic heterocycles. The summed E-state index contributed by atoms with van der Waals surface area (Å²) >= 11 is 2.34. The fourth-order valence-electron chi connectivity index (χ4n) is 2.07. The third-order valence-corrected chi connectivity index (χ3v) is 3.60. The van der Waals surface area contributed by atoms with Crippen LogP contribution < -0.4 is 5.32 Å². The molecule has 0 heterocycles. The van der Waals surface area contributed by atoms with Gasteiger partial charge in [0, 0.05) is 17.0 Å². The Bertz CT molecular complexity index is 565. The molecule has 0 unspecified atom stereocenters. The standard InChI is InChI=1S/C15H16INO/c1-11(18)17-9-3-6-12-4-2-5-13-7-8-14(16)10-15(12)13/h2,4-5,7-8,10H,3,6,9H2,1H3,(H,17,18). The fraction of sp³-hybridized carbons (Fsp3) is 0.267. The number of carbonyl (C=O) groups excluding carboxylic acids is 1. The summed E-state index contributed by atoms with van der Waals surface area (Å²) in [5, 5.41) is 5.45. The van der Waals surface area contributed by atoms with Crippen molar-refractivity contribution >= 4 is 39.3 Å². The second kappa shape index (κ2) is 6.18. The Morgan fingerprint density at radius 1 is 1.28 bits per heavy atom. The third kappa shape index (κ3) is 3.45. The van der Waals surface area contributed by atoms with Crippen LogP contribution in [0.2, 0.25) is 0 Å². The molecule has 3 heteroatoms. The molecule has 1 N–H and O–H groups in total. The largest absolute Gasteiger partial charge is 0.356 e. The molecule has 0 saturated carbocycles. The van der Waals surface area contributed by atoms with E-state index in [-0.39, 0.29) is 5.91 Å². The van der Waals surface area contributed by atoms with Crippen LogP contribution >= 0.6 is 22.6 Å². The Balaban J connectivity index is 2.12. The summed E-state index contributed by atoms with van der Waals surface area (Å²) in [6.07, 6.45) is 1.97. The molecule has 2 aromatic carbocycles. The van der Waals surface area contributed by atoms with E-state index in [9.17, 15) is 4.79 Å². The Labute approximate surface area is 121 Å². The lowest BCUT2D eigenvalue weighted by atomic mass is 10.0. The van der Waals surface area contributed by atoms with Crippen LogP contribution in [0.4, 0.5) is 0 Å². The van der Waals surface area contributed by atoms with Crippen molar-refractivity contribution in [2.24, 2.45) is 0 Å². The highest BCUT2D eigenvalue weighted by Gasteiger charge is 2.01. The smallest absolute Gasteiger partial charge is 0.216 e. The van der Waals surface area contributed by atoms with E-state index in [0.29, 0.717) is 0 Å². The van der Waals surface area contributed by atoms with Gasteiger partial charge in [-0.15, -0.1) is 0 Å². The third-order valence-electron chi connectivity index (χ3n) is 2.93. The fourth-order valence-corrected chi connectivity index (χ4v) is 2.56. The molecule has 94 valence electrons. The van der Waals surface area contributed by atoms with E-state index in [4.69, 9.17) is 0 Å². The van der Waals surface area contributed by atoms with E-state index >= 15 is 0 Å². The van der Waals surface area contributed by atoms with Crippen LogP contribution in [-0.4, -0.2) is 12.5 Å². The quantitative estimate of drug-likeness (QED) is 0.662. The number of fused-ring (bicyclic) bond motifs is 1. The van der Waals surface area contributed by atoms with Gasteiger partial charge < -0.3 is 5.32 Å². The van der Waals surface area contributed by atoms with E-state index in [1.54, 1.807) is 6.92 Å². The summed E-state index contributed by atoms with van der Waals surface area (Å²) in [4.78, 5) is 10.8. The predicted octanol–water partition coefficient (Wildman–Crippen LogP) is 3.51. The number of rotatable bonds is 4. The van der Waals surface area contributed by atoms with Gasteiger partial charge in [0.05, 0.1) is 0 Å². The summed E-state index contributed by atoms with van der Waals surface area (Å²) in [5.41, 5.74) is 1.36.